The summed E-state index contributed by atoms with van der Waals surface area (Å²) in [5.74, 6) is 0.354. The Morgan fingerprint density at radius 1 is 1.23 bits per heavy atom. The van der Waals surface area contributed by atoms with Gasteiger partial charge in [-0.2, -0.15) is 13.2 Å². The molecule has 0 amide bonds. The van der Waals surface area contributed by atoms with Crippen LogP contribution in [0.15, 0.2) is 48.3 Å². The molecule has 0 radical (unpaired) electrons. The molecule has 0 fully saturated rings. The predicted molar refractivity (Wildman–Crippen MR) is 114 cm³/mol. The Bertz CT molecular complexity index is 800. The second kappa shape index (κ2) is 10.7. The third-order valence-electron chi connectivity index (χ3n) is 5.22. The van der Waals surface area contributed by atoms with Crippen LogP contribution in [0, 0.1) is 6.92 Å². The zero-order valence-corrected chi connectivity index (χ0v) is 18.6. The number of nitrogens with zero attached hydrogens (tertiary/aromatic N) is 1. The van der Waals surface area contributed by atoms with Crippen LogP contribution in [0.3, 0.4) is 0 Å². The van der Waals surface area contributed by atoms with E-state index >= 15 is 0 Å². The second-order valence-electron chi connectivity index (χ2n) is 7.14. The van der Waals surface area contributed by atoms with E-state index in [0.717, 1.165) is 30.8 Å². The first kappa shape index (κ1) is 25.8. The van der Waals surface area contributed by atoms with E-state index in [9.17, 15) is 18.3 Å². The normalized spacial score (nSPS) is 15.2. The van der Waals surface area contributed by atoms with E-state index in [2.05, 4.69) is 11.5 Å². The number of alkyl halides is 3. The van der Waals surface area contributed by atoms with Gasteiger partial charge in [-0.15, -0.1) is 0 Å². The molecule has 0 saturated carbocycles. The van der Waals surface area contributed by atoms with Gasteiger partial charge in [0.2, 0.25) is 5.60 Å². The molecule has 1 N–H and O–H groups in total. The number of methoxy groups -OCH3 is 2. The second-order valence-corrected chi connectivity index (χ2v) is 7.14. The Kier molecular flexibility index (Phi) is 9.18. The van der Waals surface area contributed by atoms with Crippen LogP contribution in [0.25, 0.3) is 0 Å². The van der Waals surface area contributed by atoms with Crippen molar-refractivity contribution in [1.29, 1.82) is 0 Å². The molecule has 1 aromatic rings. The molecule has 0 heterocycles. The minimum absolute atomic E-state index is 0.0326. The summed E-state index contributed by atoms with van der Waals surface area (Å²) in [6, 6.07) is 2.92. The van der Waals surface area contributed by atoms with E-state index in [1.807, 2.05) is 14.0 Å². The number of aliphatic hydroxyl groups is 1. The van der Waals surface area contributed by atoms with Gasteiger partial charge in [-0.25, -0.2) is 0 Å². The van der Waals surface area contributed by atoms with Crippen molar-refractivity contribution in [1.82, 2.24) is 4.90 Å². The average molecular weight is 428 g/mol. The van der Waals surface area contributed by atoms with Crippen LogP contribution < -0.4 is 4.74 Å². The fourth-order valence-electron chi connectivity index (χ4n) is 3.00. The molecule has 168 valence electrons. The number of likely N-dealkylation sites (N-methyl/N-ethyl adjacent to an activating group) is 1. The predicted octanol–water partition coefficient (Wildman–Crippen LogP) is 4.91. The molecule has 30 heavy (non-hydrogen) atoms. The summed E-state index contributed by atoms with van der Waals surface area (Å²) in [6.07, 6.45) is -0.866. The molecule has 0 aliphatic rings. The number of allylic oxidation sites excluding steroid dienone is 3. The number of aryl methyl sites for hydroxylation is 1. The Hall–Kier alpha value is -2.25. The van der Waals surface area contributed by atoms with Gasteiger partial charge in [-0.1, -0.05) is 25.7 Å². The molecule has 1 aromatic carbocycles. The first-order chi connectivity index (χ1) is 14.0. The monoisotopic (exact) mass is 427 g/mol. The lowest BCUT2D eigenvalue weighted by Gasteiger charge is -2.34. The fourth-order valence-corrected chi connectivity index (χ4v) is 3.00. The van der Waals surface area contributed by atoms with Crippen molar-refractivity contribution in [3.8, 4) is 5.75 Å². The van der Waals surface area contributed by atoms with Crippen LogP contribution in [0.2, 0.25) is 0 Å². The Morgan fingerprint density at radius 2 is 1.87 bits per heavy atom. The van der Waals surface area contributed by atoms with E-state index in [4.69, 9.17) is 9.47 Å². The van der Waals surface area contributed by atoms with E-state index in [-0.39, 0.29) is 11.3 Å². The summed E-state index contributed by atoms with van der Waals surface area (Å²) >= 11 is 0. The van der Waals surface area contributed by atoms with Crippen LogP contribution in [-0.4, -0.2) is 50.5 Å². The topological polar surface area (TPSA) is 41.9 Å². The molecular weight excluding hydrogens is 395 g/mol. The molecular formula is C23H32F3NO3. The van der Waals surface area contributed by atoms with Crippen molar-refractivity contribution < 1.29 is 27.8 Å². The zero-order chi connectivity index (χ0) is 23.1. The van der Waals surface area contributed by atoms with Crippen LogP contribution in [0.4, 0.5) is 13.2 Å². The van der Waals surface area contributed by atoms with E-state index < -0.39 is 17.4 Å². The van der Waals surface area contributed by atoms with Gasteiger partial charge >= 0.3 is 6.18 Å². The highest BCUT2D eigenvalue weighted by molar-refractivity contribution is 5.52. The van der Waals surface area contributed by atoms with E-state index in [1.165, 1.54) is 26.4 Å². The van der Waals surface area contributed by atoms with Gasteiger partial charge in [-0.05, 0) is 68.8 Å². The van der Waals surface area contributed by atoms with Gasteiger partial charge < -0.3 is 19.5 Å². The fraction of sp³-hybridized carbons (Fsp3) is 0.478. The molecule has 4 nitrogen and oxygen atoms in total. The van der Waals surface area contributed by atoms with Crippen molar-refractivity contribution in [2.75, 3.05) is 34.4 Å². The Labute approximate surface area is 177 Å². The maximum atomic E-state index is 14.2. The van der Waals surface area contributed by atoms with Gasteiger partial charge in [0.1, 0.15) is 5.75 Å². The lowest BCUT2D eigenvalue weighted by molar-refractivity contribution is -0.249. The van der Waals surface area contributed by atoms with Gasteiger partial charge in [0, 0.05) is 12.1 Å². The Balaban J connectivity index is 3.66. The molecule has 1 rings (SSSR count). The third kappa shape index (κ3) is 5.67. The number of rotatable bonds is 10. The largest absolute Gasteiger partial charge is 0.501 e. The molecule has 7 heteroatoms. The highest BCUT2D eigenvalue weighted by Crippen LogP contribution is 2.48. The summed E-state index contributed by atoms with van der Waals surface area (Å²) in [4.78, 5) is 2.11. The number of halogens is 3. The third-order valence-corrected chi connectivity index (χ3v) is 5.22. The number of hydrogen-bond acceptors (Lipinski definition) is 4. The Morgan fingerprint density at radius 3 is 2.33 bits per heavy atom. The number of hydrogen-bond donors (Lipinski definition) is 1. The molecule has 0 saturated heterocycles. The lowest BCUT2D eigenvalue weighted by atomic mass is 9.82. The maximum Gasteiger partial charge on any atom is 0.425 e. The summed E-state index contributed by atoms with van der Waals surface area (Å²) in [6.45, 7) is 10.5. The molecule has 1 unspecified atom stereocenters. The minimum Gasteiger partial charge on any atom is -0.501 e. The van der Waals surface area contributed by atoms with Crippen LogP contribution >= 0.6 is 0 Å². The highest BCUT2D eigenvalue weighted by atomic mass is 19.4. The average Bonchev–Trinajstić information content (AvgIpc) is 2.71. The first-order valence-electron chi connectivity index (χ1n) is 9.67. The molecule has 0 aliphatic carbocycles. The zero-order valence-electron chi connectivity index (χ0n) is 18.6. The van der Waals surface area contributed by atoms with Gasteiger partial charge in [0.15, 0.2) is 0 Å². The quantitative estimate of drug-likeness (QED) is 0.426. The molecule has 0 spiro atoms. The summed E-state index contributed by atoms with van der Waals surface area (Å²) in [5.41, 5.74) is -2.60. The van der Waals surface area contributed by atoms with Gasteiger partial charge in [-0.3, -0.25) is 0 Å². The molecule has 1 atom stereocenters. The summed E-state index contributed by atoms with van der Waals surface area (Å²) in [5, 5.41) is 11.0. The molecule has 0 aliphatic heterocycles. The highest BCUT2D eigenvalue weighted by Gasteiger charge is 2.58. The van der Waals surface area contributed by atoms with Crippen molar-refractivity contribution in [3.05, 3.63) is 65.0 Å². The van der Waals surface area contributed by atoms with Crippen LogP contribution in [0.1, 0.15) is 30.5 Å². The molecule has 0 bridgehead atoms. The minimum atomic E-state index is -5.01. The van der Waals surface area contributed by atoms with Gasteiger partial charge in [0.25, 0.3) is 0 Å². The van der Waals surface area contributed by atoms with E-state index in [0.29, 0.717) is 17.7 Å². The van der Waals surface area contributed by atoms with Crippen molar-refractivity contribution in [3.63, 3.8) is 0 Å². The summed E-state index contributed by atoms with van der Waals surface area (Å²) < 4.78 is 52.9. The number of benzene rings is 1. The smallest absolute Gasteiger partial charge is 0.425 e. The maximum absolute atomic E-state index is 14.2. The first-order valence-corrected chi connectivity index (χ1v) is 9.67. The SMILES string of the molecule is C=C/C(=C\C=C(/C)OC)C(O)(c1cc(C)c(CCN(C)CC)cc1OC)C(F)(F)F. The standard InChI is InChI=1S/C23H32F3NO3/c1-8-19(11-10-17(4)29-6)22(28,23(24,25)26)20-14-16(3)18(15-21(20)30-7)12-13-27(5)9-2/h8,10-11,14-15,28H,1,9,12-13H2,2-7H3/b17-10+,19-11+. The van der Waals surface area contributed by atoms with Crippen LogP contribution in [0.5, 0.6) is 5.75 Å². The lowest BCUT2D eigenvalue weighted by Crippen LogP contribution is -2.44. The van der Waals surface area contributed by atoms with Gasteiger partial charge in [0.05, 0.1) is 20.0 Å². The van der Waals surface area contributed by atoms with Crippen molar-refractivity contribution in [2.24, 2.45) is 0 Å². The molecule has 0 aromatic heterocycles. The van der Waals surface area contributed by atoms with E-state index in [1.54, 1.807) is 19.9 Å². The van der Waals surface area contributed by atoms with Crippen molar-refractivity contribution >= 4 is 0 Å². The number of ether oxygens (including phenoxy) is 2. The summed E-state index contributed by atoms with van der Waals surface area (Å²) in [7, 11) is 4.67. The van der Waals surface area contributed by atoms with Crippen LogP contribution in [-0.2, 0) is 16.8 Å². The van der Waals surface area contributed by atoms with Crippen molar-refractivity contribution in [2.45, 2.75) is 39.0 Å².